The van der Waals surface area contributed by atoms with Gasteiger partial charge < -0.3 is 25.4 Å². The molecule has 5 aromatic rings. The van der Waals surface area contributed by atoms with E-state index in [0.717, 1.165) is 73.2 Å². The number of hydrogen-bond acceptors (Lipinski definition) is 9. The lowest BCUT2D eigenvalue weighted by Crippen LogP contribution is -2.40. The average molecular weight is 755 g/mol. The van der Waals surface area contributed by atoms with Gasteiger partial charge in [0.15, 0.2) is 0 Å². The van der Waals surface area contributed by atoms with Crippen molar-refractivity contribution >= 4 is 52.4 Å². The summed E-state index contributed by atoms with van der Waals surface area (Å²) in [6.45, 7) is 12.0. The Labute approximate surface area is 319 Å². The minimum Gasteiger partial charge on any atom is -0.437 e. The standard InChI is InChI=1S/C39H41Cl2N9O3/c1-5-27-20-28(24-42-14-15-49-16-18-52-19-17-49)22-29(21-27)44-38-43-13-12-35(47-38)53-33-11-10-31(36(40)37(33)41)45-39(51)46-34-23-32(25(2)3)48-50(34)30-8-6-26(4)7-9-30/h1,6-13,20-23,25,42H,14-19,24H2,2-4H3,(H,43,44,47)(H2,45,46,51). The molecular formula is C39H41Cl2N9O3. The van der Waals surface area contributed by atoms with Crippen molar-refractivity contribution in [1.82, 2.24) is 30.0 Å². The Morgan fingerprint density at radius 1 is 1.02 bits per heavy atom. The quantitative estimate of drug-likeness (QED) is 0.0699. The molecule has 14 heteroatoms. The van der Waals surface area contributed by atoms with Gasteiger partial charge in [-0.3, -0.25) is 10.2 Å². The number of halogens is 2. The summed E-state index contributed by atoms with van der Waals surface area (Å²) in [6, 6.07) is 19.8. The molecule has 1 fully saturated rings. The zero-order valence-corrected chi connectivity index (χ0v) is 31.3. The number of morpholine rings is 1. The molecule has 0 spiro atoms. The van der Waals surface area contributed by atoms with Crippen LogP contribution in [0.2, 0.25) is 10.0 Å². The molecule has 3 aromatic carbocycles. The van der Waals surface area contributed by atoms with Crippen LogP contribution < -0.4 is 26.0 Å². The maximum Gasteiger partial charge on any atom is 0.324 e. The van der Waals surface area contributed by atoms with Gasteiger partial charge in [-0.1, -0.05) is 60.7 Å². The van der Waals surface area contributed by atoms with Crippen LogP contribution in [0.25, 0.3) is 5.69 Å². The number of anilines is 4. The molecule has 2 amide bonds. The highest BCUT2D eigenvalue weighted by Gasteiger charge is 2.18. The largest absolute Gasteiger partial charge is 0.437 e. The summed E-state index contributed by atoms with van der Waals surface area (Å²) in [5.41, 5.74) is 5.55. The Morgan fingerprint density at radius 3 is 2.57 bits per heavy atom. The summed E-state index contributed by atoms with van der Waals surface area (Å²) in [7, 11) is 0. The third-order valence-electron chi connectivity index (χ3n) is 8.43. The Bertz CT molecular complexity index is 2090. The summed E-state index contributed by atoms with van der Waals surface area (Å²) in [5, 5.41) is 17.3. The van der Waals surface area contributed by atoms with Crippen molar-refractivity contribution in [1.29, 1.82) is 0 Å². The molecule has 1 aliphatic heterocycles. The fourth-order valence-electron chi connectivity index (χ4n) is 5.58. The van der Waals surface area contributed by atoms with Crippen molar-refractivity contribution in [3.05, 3.63) is 105 Å². The monoisotopic (exact) mass is 753 g/mol. The molecular weight excluding hydrogens is 713 g/mol. The lowest BCUT2D eigenvalue weighted by atomic mass is 10.1. The minimum atomic E-state index is -0.521. The van der Waals surface area contributed by atoms with E-state index in [2.05, 4.69) is 42.1 Å². The number of nitrogens with one attached hydrogen (secondary N) is 4. The van der Waals surface area contributed by atoms with Gasteiger partial charge in [0.25, 0.3) is 0 Å². The second-order valence-corrected chi connectivity index (χ2v) is 13.6. The lowest BCUT2D eigenvalue weighted by molar-refractivity contribution is 0.0384. The summed E-state index contributed by atoms with van der Waals surface area (Å²) in [5.74, 6) is 4.14. The lowest BCUT2D eigenvalue weighted by Gasteiger charge is -2.26. The molecule has 274 valence electrons. The van der Waals surface area contributed by atoms with Gasteiger partial charge >= 0.3 is 6.03 Å². The number of nitrogens with zero attached hydrogens (tertiary/aromatic N) is 5. The van der Waals surface area contributed by atoms with E-state index in [1.165, 1.54) is 0 Å². The van der Waals surface area contributed by atoms with Crippen LogP contribution in [0.15, 0.2) is 72.9 Å². The number of terminal acetylenes is 1. The first kappa shape index (κ1) is 37.6. The minimum absolute atomic E-state index is 0.0943. The molecule has 0 radical (unpaired) electrons. The first-order valence-corrected chi connectivity index (χ1v) is 18.0. The van der Waals surface area contributed by atoms with Crippen molar-refractivity contribution in [2.24, 2.45) is 0 Å². The van der Waals surface area contributed by atoms with Crippen LogP contribution in [0, 0.1) is 19.3 Å². The van der Waals surface area contributed by atoms with E-state index in [-0.39, 0.29) is 33.3 Å². The molecule has 0 atom stereocenters. The maximum atomic E-state index is 13.2. The first-order chi connectivity index (χ1) is 25.6. The normalized spacial score (nSPS) is 13.1. The number of rotatable bonds is 13. The second-order valence-electron chi connectivity index (χ2n) is 12.8. The van der Waals surface area contributed by atoms with Crippen molar-refractivity contribution < 1.29 is 14.3 Å². The maximum absolute atomic E-state index is 13.2. The van der Waals surface area contributed by atoms with Crippen LogP contribution in [-0.4, -0.2) is 70.1 Å². The van der Waals surface area contributed by atoms with Gasteiger partial charge in [0.1, 0.15) is 16.6 Å². The molecule has 3 heterocycles. The highest BCUT2D eigenvalue weighted by atomic mass is 35.5. The smallest absolute Gasteiger partial charge is 0.324 e. The van der Waals surface area contributed by atoms with Crippen molar-refractivity contribution in [2.75, 3.05) is 55.3 Å². The number of ether oxygens (including phenoxy) is 2. The van der Waals surface area contributed by atoms with E-state index in [1.807, 2.05) is 69.3 Å². The van der Waals surface area contributed by atoms with E-state index in [1.54, 1.807) is 29.1 Å². The van der Waals surface area contributed by atoms with Gasteiger partial charge in [-0.05, 0) is 60.9 Å². The summed E-state index contributed by atoms with van der Waals surface area (Å²) < 4.78 is 13.1. The first-order valence-electron chi connectivity index (χ1n) is 17.3. The topological polar surface area (TPSA) is 130 Å². The zero-order valence-electron chi connectivity index (χ0n) is 29.7. The predicted molar refractivity (Wildman–Crippen MR) is 210 cm³/mol. The third kappa shape index (κ3) is 10.0. The van der Waals surface area contributed by atoms with E-state index in [4.69, 9.17) is 44.2 Å². The van der Waals surface area contributed by atoms with E-state index in [0.29, 0.717) is 18.3 Å². The fourth-order valence-corrected chi connectivity index (χ4v) is 5.98. The Kier molecular flexibility index (Phi) is 12.5. The number of urea groups is 1. The van der Waals surface area contributed by atoms with Crippen LogP contribution in [0.4, 0.5) is 27.9 Å². The summed E-state index contributed by atoms with van der Waals surface area (Å²) >= 11 is 13.3. The van der Waals surface area contributed by atoms with Crippen molar-refractivity contribution in [2.45, 2.75) is 33.2 Å². The summed E-state index contributed by atoms with van der Waals surface area (Å²) in [4.78, 5) is 24.4. The van der Waals surface area contributed by atoms with Crippen LogP contribution >= 0.6 is 23.2 Å². The average Bonchev–Trinajstić information content (AvgIpc) is 3.58. The second kappa shape index (κ2) is 17.6. The molecule has 1 aliphatic rings. The van der Waals surface area contributed by atoms with Gasteiger partial charge in [0, 0.05) is 62.3 Å². The molecule has 0 unspecified atom stereocenters. The molecule has 6 rings (SSSR count). The van der Waals surface area contributed by atoms with Crippen LogP contribution in [0.3, 0.4) is 0 Å². The highest BCUT2D eigenvalue weighted by molar-refractivity contribution is 6.45. The Hall–Kier alpha value is -5.16. The molecule has 0 aliphatic carbocycles. The van der Waals surface area contributed by atoms with Crippen LogP contribution in [-0.2, 0) is 11.3 Å². The number of hydrogen-bond donors (Lipinski definition) is 4. The van der Waals surface area contributed by atoms with E-state index in [9.17, 15) is 4.79 Å². The number of carbonyl (C=O) groups excluding carboxylic acids is 1. The Balaban J connectivity index is 1.09. The molecule has 12 nitrogen and oxygen atoms in total. The zero-order chi connectivity index (χ0) is 37.3. The number of benzene rings is 3. The molecule has 1 saturated heterocycles. The van der Waals surface area contributed by atoms with Crippen LogP contribution in [0.1, 0.15) is 42.1 Å². The van der Waals surface area contributed by atoms with Gasteiger partial charge in [-0.15, -0.1) is 6.42 Å². The molecule has 0 saturated carbocycles. The molecule has 0 bridgehead atoms. The fraction of sp³-hybridized carbons (Fsp3) is 0.282. The number of carbonyl (C=O) groups is 1. The van der Waals surface area contributed by atoms with Gasteiger partial charge in [-0.25, -0.2) is 14.5 Å². The molecule has 2 aromatic heterocycles. The molecule has 4 N–H and O–H groups in total. The SMILES string of the molecule is C#Cc1cc(CNCCN2CCOCC2)cc(Nc2nccc(Oc3ccc(NC(=O)Nc4cc(C(C)C)nn4-c4ccc(C)cc4)c(Cl)c3Cl)n2)c1. The number of aryl methyl sites for hydroxylation is 1. The van der Waals surface area contributed by atoms with Gasteiger partial charge in [0.2, 0.25) is 11.8 Å². The third-order valence-corrected chi connectivity index (χ3v) is 9.30. The highest BCUT2D eigenvalue weighted by Crippen LogP contribution is 2.39. The predicted octanol–water partition coefficient (Wildman–Crippen LogP) is 7.98. The van der Waals surface area contributed by atoms with Crippen molar-refractivity contribution in [3.63, 3.8) is 0 Å². The van der Waals surface area contributed by atoms with Gasteiger partial charge in [0.05, 0.1) is 35.3 Å². The van der Waals surface area contributed by atoms with Gasteiger partial charge in [-0.2, -0.15) is 10.1 Å². The number of amides is 2. The van der Waals surface area contributed by atoms with E-state index >= 15 is 0 Å². The number of aromatic nitrogens is 4. The van der Waals surface area contributed by atoms with Crippen molar-refractivity contribution in [3.8, 4) is 29.7 Å². The summed E-state index contributed by atoms with van der Waals surface area (Å²) in [6.07, 6.45) is 7.32. The molecule has 53 heavy (non-hydrogen) atoms. The van der Waals surface area contributed by atoms with E-state index < -0.39 is 6.03 Å². The Morgan fingerprint density at radius 2 is 1.81 bits per heavy atom. The van der Waals surface area contributed by atoms with Crippen LogP contribution in [0.5, 0.6) is 11.6 Å².